The number of carbonyl (C=O) groups excluding carboxylic acids is 3. The Morgan fingerprint density at radius 3 is 2.38 bits per heavy atom. The second-order valence-electron chi connectivity index (χ2n) is 7.86. The van der Waals surface area contributed by atoms with Crippen molar-refractivity contribution < 1.29 is 19.1 Å². The van der Waals surface area contributed by atoms with Crippen LogP contribution in [0.4, 0.5) is 0 Å². The Balaban J connectivity index is 2.42. The summed E-state index contributed by atoms with van der Waals surface area (Å²) in [6.45, 7) is 11.2. The lowest BCUT2D eigenvalue weighted by Crippen LogP contribution is -2.51. The van der Waals surface area contributed by atoms with Gasteiger partial charge in [0.2, 0.25) is 5.91 Å². The summed E-state index contributed by atoms with van der Waals surface area (Å²) in [4.78, 5) is 40.5. The lowest BCUT2D eigenvalue weighted by molar-refractivity contribution is -0.131. The second kappa shape index (κ2) is 12.4. The minimum atomic E-state index is -0.289. The number of hydrogen-bond donors (Lipinski definition) is 0. The van der Waals surface area contributed by atoms with E-state index in [2.05, 4.69) is 17.9 Å². The zero-order valence-corrected chi connectivity index (χ0v) is 19.7. The van der Waals surface area contributed by atoms with E-state index in [4.69, 9.17) is 4.74 Å². The van der Waals surface area contributed by atoms with Crippen molar-refractivity contribution in [3.8, 4) is 0 Å². The quantitative estimate of drug-likeness (QED) is 0.158. The number of hydrogen-bond acceptors (Lipinski definition) is 8. The summed E-state index contributed by atoms with van der Waals surface area (Å²) >= 11 is 0. The van der Waals surface area contributed by atoms with E-state index in [0.29, 0.717) is 58.1 Å². The summed E-state index contributed by atoms with van der Waals surface area (Å²) in [7, 11) is 3.48. The molecule has 2 rings (SSSR count). The minimum absolute atomic E-state index is 0.0224. The van der Waals surface area contributed by atoms with Gasteiger partial charge in [-0.2, -0.15) is 5.10 Å². The van der Waals surface area contributed by atoms with E-state index in [1.165, 1.54) is 10.6 Å². The monoisotopic (exact) mass is 448 g/mol. The van der Waals surface area contributed by atoms with E-state index in [-0.39, 0.29) is 18.4 Å². The van der Waals surface area contributed by atoms with Gasteiger partial charge in [-0.15, -0.1) is 0 Å². The molecule has 1 saturated heterocycles. The Bertz CT molecular complexity index is 758. The smallest absolute Gasteiger partial charge is 0.291 e. The molecule has 2 aliphatic heterocycles. The molecular weight excluding hydrogens is 412 g/mol. The number of amides is 2. The molecule has 0 unspecified atom stereocenters. The Morgan fingerprint density at radius 1 is 1.22 bits per heavy atom. The van der Waals surface area contributed by atoms with Crippen LogP contribution in [0.3, 0.4) is 0 Å². The zero-order chi connectivity index (χ0) is 23.7. The molecule has 0 aliphatic carbocycles. The predicted molar refractivity (Wildman–Crippen MR) is 122 cm³/mol. The van der Waals surface area contributed by atoms with Crippen molar-refractivity contribution in [3.63, 3.8) is 0 Å². The molecule has 2 amide bonds. The summed E-state index contributed by atoms with van der Waals surface area (Å²) in [5, 5.41) is 8.85. The first-order valence-corrected chi connectivity index (χ1v) is 11.0. The van der Waals surface area contributed by atoms with Crippen LogP contribution >= 0.6 is 0 Å². The molecule has 0 aromatic heterocycles. The standard InChI is InChI=1S/C22H36N6O4/c1-6-20(28(13-14-29)24(4)17-19-7-15-32-16-8-19)21(22(31)25(5)23-3)27-11-9-26(10-12-27)18(2)30/h7,14H,3,6,8-13,15-17H2,1-2,4-5H3/b21-20+. The lowest BCUT2D eigenvalue weighted by Gasteiger charge is -2.41. The number of aldehydes is 1. The van der Waals surface area contributed by atoms with Crippen molar-refractivity contribution in [2.75, 3.05) is 66.6 Å². The number of piperazine rings is 1. The summed E-state index contributed by atoms with van der Waals surface area (Å²) in [5.74, 6) is -0.267. The number of ether oxygens (including phenoxy) is 1. The van der Waals surface area contributed by atoms with E-state index in [0.717, 1.165) is 18.4 Å². The van der Waals surface area contributed by atoms with Crippen LogP contribution in [0.2, 0.25) is 0 Å². The van der Waals surface area contributed by atoms with Crippen LogP contribution in [0.1, 0.15) is 26.7 Å². The van der Waals surface area contributed by atoms with E-state index < -0.39 is 0 Å². The van der Waals surface area contributed by atoms with E-state index in [1.807, 2.05) is 28.9 Å². The summed E-state index contributed by atoms with van der Waals surface area (Å²) in [5.41, 5.74) is 2.46. The van der Waals surface area contributed by atoms with Crippen molar-refractivity contribution in [2.45, 2.75) is 26.7 Å². The molecule has 0 N–H and O–H groups in total. The molecule has 0 radical (unpaired) electrons. The van der Waals surface area contributed by atoms with Crippen LogP contribution in [0.5, 0.6) is 0 Å². The van der Waals surface area contributed by atoms with Gasteiger partial charge in [0.05, 0.1) is 25.5 Å². The highest BCUT2D eigenvalue weighted by molar-refractivity contribution is 5.93. The number of likely N-dealkylation sites (N-methyl/N-ethyl adjacent to an activating group) is 2. The van der Waals surface area contributed by atoms with Gasteiger partial charge in [0.15, 0.2) is 0 Å². The third kappa shape index (κ3) is 6.39. The predicted octanol–water partition coefficient (Wildman–Crippen LogP) is 0.541. The summed E-state index contributed by atoms with van der Waals surface area (Å²) < 4.78 is 5.40. The SMILES string of the molecule is C=NN(C)C(=O)/C(=C(/CC)N(CC=O)N(C)CC1=CCOCC1)N1CCN(C(C)=O)CC1. The van der Waals surface area contributed by atoms with E-state index in [9.17, 15) is 14.4 Å². The molecule has 0 aromatic rings. The van der Waals surface area contributed by atoms with Gasteiger partial charge in [0.1, 0.15) is 12.0 Å². The third-order valence-corrected chi connectivity index (χ3v) is 5.82. The Morgan fingerprint density at radius 2 is 1.88 bits per heavy atom. The van der Waals surface area contributed by atoms with Crippen LogP contribution < -0.4 is 0 Å². The lowest BCUT2D eigenvalue weighted by atomic mass is 10.1. The van der Waals surface area contributed by atoms with Gasteiger partial charge in [-0.1, -0.05) is 18.6 Å². The molecule has 0 aromatic carbocycles. The highest BCUT2D eigenvalue weighted by Gasteiger charge is 2.31. The van der Waals surface area contributed by atoms with Crippen LogP contribution in [0.25, 0.3) is 0 Å². The van der Waals surface area contributed by atoms with Gasteiger partial charge < -0.3 is 24.3 Å². The van der Waals surface area contributed by atoms with Crippen molar-refractivity contribution in [2.24, 2.45) is 5.10 Å². The third-order valence-electron chi connectivity index (χ3n) is 5.82. The molecule has 10 nitrogen and oxygen atoms in total. The highest BCUT2D eigenvalue weighted by atomic mass is 16.5. The molecule has 2 heterocycles. The number of rotatable bonds is 10. The van der Waals surface area contributed by atoms with E-state index >= 15 is 0 Å². The molecule has 0 atom stereocenters. The molecule has 178 valence electrons. The molecule has 32 heavy (non-hydrogen) atoms. The van der Waals surface area contributed by atoms with Gasteiger partial charge in [0, 0.05) is 60.5 Å². The zero-order valence-electron chi connectivity index (χ0n) is 19.7. The van der Waals surface area contributed by atoms with Crippen LogP contribution in [-0.4, -0.2) is 116 Å². The molecule has 1 fully saturated rings. The fourth-order valence-electron chi connectivity index (χ4n) is 3.99. The van der Waals surface area contributed by atoms with Crippen LogP contribution in [-0.2, 0) is 19.1 Å². The maximum atomic E-state index is 13.4. The Labute approximate surface area is 190 Å². The van der Waals surface area contributed by atoms with Gasteiger partial charge in [-0.05, 0) is 12.8 Å². The molecule has 2 aliphatic rings. The minimum Gasteiger partial charge on any atom is -0.377 e. The van der Waals surface area contributed by atoms with Gasteiger partial charge in [-0.25, -0.2) is 10.0 Å². The normalized spacial score (nSPS) is 17.5. The second-order valence-corrected chi connectivity index (χ2v) is 7.86. The van der Waals surface area contributed by atoms with Crippen molar-refractivity contribution in [1.29, 1.82) is 0 Å². The summed E-state index contributed by atoms with van der Waals surface area (Å²) in [6.07, 6.45) is 4.29. The molecule has 0 bridgehead atoms. The van der Waals surface area contributed by atoms with Gasteiger partial charge in [-0.3, -0.25) is 9.59 Å². The first kappa shape index (κ1) is 25.5. The van der Waals surface area contributed by atoms with Crippen molar-refractivity contribution in [1.82, 2.24) is 24.8 Å². The van der Waals surface area contributed by atoms with E-state index in [1.54, 1.807) is 18.9 Å². The fraction of sp³-hybridized carbons (Fsp3) is 0.636. The molecule has 10 heteroatoms. The van der Waals surface area contributed by atoms with Gasteiger partial charge >= 0.3 is 0 Å². The maximum absolute atomic E-state index is 13.4. The average molecular weight is 449 g/mol. The van der Waals surface area contributed by atoms with Crippen LogP contribution in [0, 0.1) is 0 Å². The number of nitrogens with zero attached hydrogens (tertiary/aromatic N) is 6. The molecule has 0 saturated carbocycles. The van der Waals surface area contributed by atoms with Crippen molar-refractivity contribution >= 4 is 24.8 Å². The first-order chi connectivity index (χ1) is 15.3. The highest BCUT2D eigenvalue weighted by Crippen LogP contribution is 2.24. The largest absolute Gasteiger partial charge is 0.377 e. The van der Waals surface area contributed by atoms with Gasteiger partial charge in [0.25, 0.3) is 5.91 Å². The Kier molecular flexibility index (Phi) is 9.86. The molecular formula is C22H36N6O4. The fourth-order valence-corrected chi connectivity index (χ4v) is 3.99. The van der Waals surface area contributed by atoms with Crippen LogP contribution in [0.15, 0.2) is 28.1 Å². The number of carbonyl (C=O) groups is 3. The average Bonchev–Trinajstić information content (AvgIpc) is 2.81. The number of hydrazone groups is 1. The first-order valence-electron chi connectivity index (χ1n) is 11.0. The summed E-state index contributed by atoms with van der Waals surface area (Å²) in [6, 6.07) is 0. The molecule has 0 spiro atoms. The van der Waals surface area contributed by atoms with Crippen molar-refractivity contribution in [3.05, 3.63) is 23.0 Å². The maximum Gasteiger partial charge on any atom is 0.291 e. The topological polar surface area (TPSA) is 89.0 Å². The Hall–Kier alpha value is -2.72. The number of hydrazine groups is 1. The number of allylic oxidation sites excluding steroid dienone is 1.